The molecule has 1 aliphatic carbocycles. The van der Waals surface area contributed by atoms with E-state index in [1.165, 1.54) is 0 Å². The molecule has 5 nitrogen and oxygen atoms in total. The third-order valence-electron chi connectivity index (χ3n) is 5.95. The molecular weight excluding hydrogens is 515 g/mol. The molecule has 1 aliphatic heterocycles. The van der Waals surface area contributed by atoms with Crippen molar-refractivity contribution in [2.75, 3.05) is 11.9 Å². The molecule has 0 amide bonds. The van der Waals surface area contributed by atoms with Crippen LogP contribution < -0.4 is 9.47 Å². The number of pyridine rings is 1. The lowest BCUT2D eigenvalue weighted by atomic mass is 9.86. The Morgan fingerprint density at radius 2 is 1.81 bits per heavy atom. The van der Waals surface area contributed by atoms with Crippen molar-refractivity contribution in [3.8, 4) is 5.75 Å². The number of hydrogen-bond donors (Lipinski definition) is 2. The highest BCUT2D eigenvalue weighted by molar-refractivity contribution is 14.1. The maximum atomic E-state index is 12.9. The Morgan fingerprint density at radius 3 is 2.59 bits per heavy atom. The molecule has 32 heavy (non-hydrogen) atoms. The molecule has 2 aromatic carbocycles. The van der Waals surface area contributed by atoms with Gasteiger partial charge < -0.3 is 15.1 Å². The summed E-state index contributed by atoms with van der Waals surface area (Å²) in [5.41, 5.74) is 5.08. The van der Waals surface area contributed by atoms with Gasteiger partial charge in [0.15, 0.2) is 0 Å². The average molecular weight is 535 g/mol. The van der Waals surface area contributed by atoms with E-state index in [1.807, 2.05) is 60.0 Å². The van der Waals surface area contributed by atoms with Gasteiger partial charge in [-0.05, 0) is 71.1 Å². The zero-order chi connectivity index (χ0) is 22.6. The van der Waals surface area contributed by atoms with E-state index in [1.54, 1.807) is 24.3 Å². The lowest BCUT2D eigenvalue weighted by Crippen LogP contribution is -2.33. The molecule has 0 saturated carbocycles. The maximum absolute atomic E-state index is 12.9. The Labute approximate surface area is 199 Å². The van der Waals surface area contributed by atoms with Crippen molar-refractivity contribution in [3.63, 3.8) is 0 Å². The van der Waals surface area contributed by atoms with Crippen molar-refractivity contribution in [1.29, 1.82) is 0 Å². The number of nitrogens with zero attached hydrogens (tertiary/aromatic N) is 2. The van der Waals surface area contributed by atoms with Gasteiger partial charge >= 0.3 is 0 Å². The van der Waals surface area contributed by atoms with Crippen LogP contribution in [0, 0.1) is 3.57 Å². The first kappa shape index (κ1) is 20.5. The van der Waals surface area contributed by atoms with Crippen molar-refractivity contribution >= 4 is 57.1 Å². The average Bonchev–Trinajstić information content (AvgIpc) is 2.78. The number of Topliss-reactive ketones (excluding diaryl/α,β-unsaturated/α-hetero) is 1. The van der Waals surface area contributed by atoms with Crippen LogP contribution in [0.4, 0.5) is 5.69 Å². The Bertz CT molecular complexity index is 1450. The number of ketones is 1. The summed E-state index contributed by atoms with van der Waals surface area (Å²) < 4.78 is 3.18. The number of allylic oxidation sites excluding steroid dienone is 4. The summed E-state index contributed by atoms with van der Waals surface area (Å²) in [7, 11) is 3.84. The van der Waals surface area contributed by atoms with Crippen LogP contribution in [0.5, 0.6) is 5.75 Å². The maximum Gasteiger partial charge on any atom is 0.212 e. The van der Waals surface area contributed by atoms with Crippen molar-refractivity contribution in [2.24, 2.45) is 7.05 Å². The van der Waals surface area contributed by atoms with Crippen LogP contribution in [0.15, 0.2) is 83.3 Å². The van der Waals surface area contributed by atoms with E-state index in [0.717, 1.165) is 37.1 Å². The van der Waals surface area contributed by atoms with Crippen molar-refractivity contribution in [2.45, 2.75) is 0 Å². The highest BCUT2D eigenvalue weighted by atomic mass is 127. The molecule has 0 saturated heterocycles. The predicted octanol–water partition coefficient (Wildman–Crippen LogP) is 4.80. The molecule has 0 fully saturated rings. The number of hydrogen-bond acceptors (Lipinski definition) is 4. The molecule has 6 heteroatoms. The van der Waals surface area contributed by atoms with E-state index in [-0.39, 0.29) is 17.3 Å². The SMILES string of the molecule is CN1/C(=C/C2=C(O)C(=C\c3ccc4cc(I)ccc4[n+]3C)/C2=O)C=Cc2cc(O)ccc21. The van der Waals surface area contributed by atoms with Crippen molar-refractivity contribution < 1.29 is 19.6 Å². The fourth-order valence-electron chi connectivity index (χ4n) is 4.09. The first-order chi connectivity index (χ1) is 15.3. The second-order valence-electron chi connectivity index (χ2n) is 7.87. The Kier molecular flexibility index (Phi) is 4.89. The summed E-state index contributed by atoms with van der Waals surface area (Å²) in [6.45, 7) is 0. The highest BCUT2D eigenvalue weighted by Crippen LogP contribution is 2.36. The van der Waals surface area contributed by atoms with Crippen LogP contribution in [-0.4, -0.2) is 23.0 Å². The van der Waals surface area contributed by atoms with Crippen LogP contribution in [0.1, 0.15) is 11.3 Å². The number of aliphatic hydroxyl groups excluding tert-OH is 1. The summed E-state index contributed by atoms with van der Waals surface area (Å²) in [6, 6.07) is 15.3. The lowest BCUT2D eigenvalue weighted by Gasteiger charge is -2.28. The summed E-state index contributed by atoms with van der Waals surface area (Å²) in [6.07, 6.45) is 7.18. The molecule has 5 rings (SSSR count). The molecular formula is C26H20IN2O3+. The standard InChI is InChI=1S/C26H19IN2O3/c1-28-18(6-3-15-11-17(27)5-9-23(15)28)13-21-25(31)22(26(21)32)14-19-7-4-16-12-20(30)8-10-24(16)29(19)2/h3-14H,1-2H3,(H-,30,31,32)/p+1. The number of benzene rings is 2. The van der Waals surface area contributed by atoms with Gasteiger partial charge in [-0.2, -0.15) is 4.57 Å². The van der Waals surface area contributed by atoms with Gasteiger partial charge in [0, 0.05) is 51.2 Å². The van der Waals surface area contributed by atoms with E-state index >= 15 is 0 Å². The molecule has 2 heterocycles. The number of aromatic nitrogens is 1. The third kappa shape index (κ3) is 3.31. The first-order valence-corrected chi connectivity index (χ1v) is 11.2. The summed E-state index contributed by atoms with van der Waals surface area (Å²) >= 11 is 2.29. The molecule has 0 spiro atoms. The second kappa shape index (κ2) is 7.63. The van der Waals surface area contributed by atoms with E-state index < -0.39 is 0 Å². The zero-order valence-corrected chi connectivity index (χ0v) is 19.7. The first-order valence-electron chi connectivity index (χ1n) is 10.1. The number of aromatic hydroxyl groups is 1. The van der Waals surface area contributed by atoms with Gasteiger partial charge in [0.25, 0.3) is 0 Å². The van der Waals surface area contributed by atoms with Gasteiger partial charge in [-0.25, -0.2) is 0 Å². The monoisotopic (exact) mass is 535 g/mol. The molecule has 0 bridgehead atoms. The molecule has 1 aromatic heterocycles. The second-order valence-corrected chi connectivity index (χ2v) is 9.12. The lowest BCUT2D eigenvalue weighted by molar-refractivity contribution is -0.646. The number of fused-ring (bicyclic) bond motifs is 2. The number of phenolic OH excluding ortho intramolecular Hbond substituents is 1. The van der Waals surface area contributed by atoms with Crippen LogP contribution >= 0.6 is 22.6 Å². The van der Waals surface area contributed by atoms with E-state index in [9.17, 15) is 15.0 Å². The third-order valence-corrected chi connectivity index (χ3v) is 6.62. The van der Waals surface area contributed by atoms with Gasteiger partial charge in [0.2, 0.25) is 17.0 Å². The van der Waals surface area contributed by atoms with Gasteiger partial charge in [-0.1, -0.05) is 6.08 Å². The molecule has 3 aromatic rings. The van der Waals surface area contributed by atoms with E-state index in [0.29, 0.717) is 11.1 Å². The van der Waals surface area contributed by atoms with Crippen LogP contribution in [0.2, 0.25) is 0 Å². The van der Waals surface area contributed by atoms with Gasteiger partial charge in [0.1, 0.15) is 18.6 Å². The number of likely N-dealkylation sites (N-methyl/N-ethyl adjacent to an activating group) is 1. The fraction of sp³-hybridized carbons (Fsp3) is 0.0769. The van der Waals surface area contributed by atoms with E-state index in [2.05, 4.69) is 34.7 Å². The van der Waals surface area contributed by atoms with Crippen LogP contribution in [0.25, 0.3) is 23.1 Å². The van der Waals surface area contributed by atoms with Crippen molar-refractivity contribution in [3.05, 3.63) is 98.1 Å². The zero-order valence-electron chi connectivity index (χ0n) is 17.5. The predicted molar refractivity (Wildman–Crippen MR) is 134 cm³/mol. The molecule has 0 unspecified atom stereocenters. The minimum Gasteiger partial charge on any atom is -0.508 e. The number of aliphatic hydroxyl groups is 1. The topological polar surface area (TPSA) is 64.7 Å². The van der Waals surface area contributed by atoms with Gasteiger partial charge in [-0.15, -0.1) is 0 Å². The number of anilines is 1. The smallest absolute Gasteiger partial charge is 0.212 e. The molecule has 0 atom stereocenters. The van der Waals surface area contributed by atoms with Crippen molar-refractivity contribution in [1.82, 2.24) is 0 Å². The summed E-state index contributed by atoms with van der Waals surface area (Å²) in [4.78, 5) is 14.8. The number of rotatable bonds is 2. The molecule has 0 radical (unpaired) electrons. The minimum atomic E-state index is -0.184. The van der Waals surface area contributed by atoms with E-state index in [4.69, 9.17) is 0 Å². The largest absolute Gasteiger partial charge is 0.508 e. The number of carbonyl (C=O) groups is 1. The van der Waals surface area contributed by atoms with Gasteiger partial charge in [-0.3, -0.25) is 4.79 Å². The minimum absolute atomic E-state index is 0.00325. The number of aryl methyl sites for hydroxylation is 1. The molecule has 158 valence electrons. The molecule has 2 aliphatic rings. The normalized spacial score (nSPS) is 18.0. The molecule has 2 N–H and O–H groups in total. The van der Waals surface area contributed by atoms with Crippen LogP contribution in [0.3, 0.4) is 0 Å². The quantitative estimate of drug-likeness (QED) is 0.281. The Hall–Kier alpha value is -3.39. The fourth-order valence-corrected chi connectivity index (χ4v) is 4.61. The van der Waals surface area contributed by atoms with Crippen LogP contribution in [-0.2, 0) is 11.8 Å². The highest BCUT2D eigenvalue weighted by Gasteiger charge is 2.34. The summed E-state index contributed by atoms with van der Waals surface area (Å²) in [5.74, 6) is 0.0228. The Morgan fingerprint density at radius 1 is 1.00 bits per heavy atom. The number of carbonyl (C=O) groups excluding carboxylic acids is 1. The number of phenols is 1. The van der Waals surface area contributed by atoms with Gasteiger partial charge in [0.05, 0.1) is 11.1 Å². The Balaban J connectivity index is 1.49. The summed E-state index contributed by atoms with van der Waals surface area (Å²) in [5, 5.41) is 21.4. The number of halogens is 1.